The van der Waals surface area contributed by atoms with Crippen molar-refractivity contribution in [2.45, 2.75) is 58.4 Å². The van der Waals surface area contributed by atoms with Gasteiger partial charge in [-0.05, 0) is 25.7 Å². The van der Waals surface area contributed by atoms with Crippen LogP contribution >= 0.6 is 0 Å². The Balaban J connectivity index is 1.39. The summed E-state index contributed by atoms with van der Waals surface area (Å²) in [5.41, 5.74) is 2.12. The first kappa shape index (κ1) is 20.1. The molecule has 2 atom stereocenters. The molecule has 3 rings (SSSR count). The minimum atomic E-state index is -0.429. The van der Waals surface area contributed by atoms with Crippen LogP contribution in [0.1, 0.15) is 50.5 Å². The van der Waals surface area contributed by atoms with Crippen molar-refractivity contribution in [2.24, 2.45) is 5.92 Å². The van der Waals surface area contributed by atoms with Gasteiger partial charge in [0.25, 0.3) is 5.91 Å². The first-order chi connectivity index (χ1) is 13.5. The molecule has 6 heteroatoms. The number of benzene rings is 1. The fourth-order valence-corrected chi connectivity index (χ4v) is 3.48. The quantitative estimate of drug-likeness (QED) is 0.734. The Kier molecular flexibility index (Phi) is 6.85. The zero-order valence-corrected chi connectivity index (χ0v) is 16.6. The Bertz CT molecular complexity index is 797. The second-order valence-electron chi connectivity index (χ2n) is 7.58. The van der Waals surface area contributed by atoms with Gasteiger partial charge in [0.2, 0.25) is 0 Å². The summed E-state index contributed by atoms with van der Waals surface area (Å²) < 4.78 is 10.8. The number of hydrogen-bond acceptors (Lipinski definition) is 5. The highest BCUT2D eigenvalue weighted by Crippen LogP contribution is 2.23. The first-order valence-corrected chi connectivity index (χ1v) is 9.98. The van der Waals surface area contributed by atoms with Crippen LogP contribution in [-0.4, -0.2) is 29.5 Å². The molecule has 1 aromatic heterocycles. The van der Waals surface area contributed by atoms with Crippen LogP contribution in [0.25, 0.3) is 11.3 Å². The minimum absolute atomic E-state index is 0.126. The summed E-state index contributed by atoms with van der Waals surface area (Å²) >= 11 is 0. The van der Waals surface area contributed by atoms with Crippen molar-refractivity contribution in [1.82, 2.24) is 10.3 Å². The lowest BCUT2D eigenvalue weighted by Crippen LogP contribution is -2.42. The normalized spacial score (nSPS) is 19.2. The van der Waals surface area contributed by atoms with Crippen molar-refractivity contribution < 1.29 is 18.7 Å². The maximum Gasteiger partial charge on any atom is 0.306 e. The van der Waals surface area contributed by atoms with Crippen molar-refractivity contribution in [2.75, 3.05) is 6.61 Å². The van der Waals surface area contributed by atoms with E-state index in [4.69, 9.17) is 9.15 Å². The zero-order chi connectivity index (χ0) is 19.9. The predicted molar refractivity (Wildman–Crippen MR) is 106 cm³/mol. The summed E-state index contributed by atoms with van der Waals surface area (Å²) in [5.74, 6) is 0.963. The number of aromatic nitrogens is 1. The largest absolute Gasteiger partial charge is 0.456 e. The Morgan fingerprint density at radius 2 is 1.96 bits per heavy atom. The van der Waals surface area contributed by atoms with Crippen molar-refractivity contribution >= 4 is 11.9 Å². The van der Waals surface area contributed by atoms with Crippen LogP contribution in [0.5, 0.6) is 0 Å². The van der Waals surface area contributed by atoms with E-state index in [1.54, 1.807) is 6.20 Å². The van der Waals surface area contributed by atoms with Gasteiger partial charge in [0.05, 0.1) is 12.6 Å². The number of hydrogen-bond donors (Lipinski definition) is 1. The van der Waals surface area contributed by atoms with Gasteiger partial charge in [-0.2, -0.15) is 0 Å². The van der Waals surface area contributed by atoms with E-state index in [1.807, 2.05) is 31.2 Å². The maximum atomic E-state index is 12.0. The topological polar surface area (TPSA) is 81.4 Å². The van der Waals surface area contributed by atoms with E-state index >= 15 is 0 Å². The maximum absolute atomic E-state index is 12.0. The number of oxazole rings is 1. The van der Waals surface area contributed by atoms with E-state index in [-0.39, 0.29) is 25.0 Å². The number of esters is 1. The molecule has 0 unspecified atom stereocenters. The molecule has 1 aliphatic carbocycles. The summed E-state index contributed by atoms with van der Waals surface area (Å²) in [6.45, 7) is 3.94. The summed E-state index contributed by atoms with van der Waals surface area (Å²) in [4.78, 5) is 28.1. The van der Waals surface area contributed by atoms with Gasteiger partial charge in [0, 0.05) is 18.0 Å². The van der Waals surface area contributed by atoms with Crippen LogP contribution in [0.3, 0.4) is 0 Å². The van der Waals surface area contributed by atoms with Crippen molar-refractivity contribution in [1.29, 1.82) is 0 Å². The monoisotopic (exact) mass is 384 g/mol. The van der Waals surface area contributed by atoms with Gasteiger partial charge in [-0.25, -0.2) is 4.98 Å². The number of rotatable bonds is 7. The van der Waals surface area contributed by atoms with Gasteiger partial charge < -0.3 is 14.5 Å². The minimum Gasteiger partial charge on any atom is -0.456 e. The van der Waals surface area contributed by atoms with Crippen LogP contribution in [0, 0.1) is 12.8 Å². The fourth-order valence-electron chi connectivity index (χ4n) is 3.48. The average Bonchev–Trinajstić information content (AvgIpc) is 3.16. The van der Waals surface area contributed by atoms with Crippen LogP contribution in [0.15, 0.2) is 34.9 Å². The molecule has 1 heterocycles. The molecule has 1 saturated carbocycles. The number of carbonyl (C=O) groups excluding carboxylic acids is 2. The molecule has 0 bridgehead atoms. The molecule has 150 valence electrons. The second kappa shape index (κ2) is 9.53. The molecule has 1 N–H and O–H groups in total. The number of carbonyl (C=O) groups is 2. The van der Waals surface area contributed by atoms with Crippen LogP contribution in [-0.2, 0) is 20.7 Å². The molecule has 28 heavy (non-hydrogen) atoms. The van der Waals surface area contributed by atoms with E-state index < -0.39 is 5.97 Å². The highest BCUT2D eigenvalue weighted by molar-refractivity contribution is 5.80. The summed E-state index contributed by atoms with van der Waals surface area (Å²) in [7, 11) is 0. The zero-order valence-electron chi connectivity index (χ0n) is 16.6. The highest BCUT2D eigenvalue weighted by atomic mass is 16.5. The van der Waals surface area contributed by atoms with Gasteiger partial charge in [-0.1, -0.05) is 49.6 Å². The average molecular weight is 384 g/mol. The van der Waals surface area contributed by atoms with E-state index in [1.165, 1.54) is 12.0 Å². The second-order valence-corrected chi connectivity index (χ2v) is 7.58. The smallest absolute Gasteiger partial charge is 0.306 e. The van der Waals surface area contributed by atoms with Gasteiger partial charge in [-0.3, -0.25) is 9.59 Å². The van der Waals surface area contributed by atoms with E-state index in [9.17, 15) is 9.59 Å². The molecule has 1 amide bonds. The number of nitrogens with one attached hydrogen (secondary N) is 1. The Labute approximate surface area is 165 Å². The molecule has 2 aromatic rings. The molecule has 0 aliphatic heterocycles. The molecular formula is C22H28N2O4. The molecule has 0 spiro atoms. The summed E-state index contributed by atoms with van der Waals surface area (Å²) in [6.07, 6.45) is 6.60. The van der Waals surface area contributed by atoms with Crippen LogP contribution in [0.4, 0.5) is 0 Å². The molecule has 0 saturated heterocycles. The number of ether oxygens (including phenoxy) is 1. The van der Waals surface area contributed by atoms with Crippen molar-refractivity contribution in [3.05, 3.63) is 41.9 Å². The number of aryl methyl sites for hydroxylation is 2. The molecule has 1 aliphatic rings. The van der Waals surface area contributed by atoms with E-state index in [0.29, 0.717) is 24.0 Å². The standard InChI is InChI=1S/C22H28N2O4/c1-15-7-9-17(10-8-15)19-13-23-21(28-19)11-12-22(26)27-14-20(25)24-18-6-4-3-5-16(18)2/h7-10,13,16,18H,3-6,11-12,14H2,1-2H3,(H,24,25)/t16-,18-/m0/s1. The summed E-state index contributed by atoms with van der Waals surface area (Å²) in [5, 5.41) is 2.98. The Morgan fingerprint density at radius 1 is 1.21 bits per heavy atom. The molecule has 0 radical (unpaired) electrons. The molecule has 1 aromatic carbocycles. The SMILES string of the molecule is Cc1ccc(-c2cnc(CCC(=O)OCC(=O)N[C@H]3CCCC[C@@H]3C)o2)cc1. The lowest BCUT2D eigenvalue weighted by molar-refractivity contribution is -0.148. The van der Waals surface area contributed by atoms with E-state index in [2.05, 4.69) is 17.2 Å². The van der Waals surface area contributed by atoms with Crippen LogP contribution < -0.4 is 5.32 Å². The molecular weight excluding hydrogens is 356 g/mol. The van der Waals surface area contributed by atoms with Gasteiger partial charge in [0.15, 0.2) is 18.3 Å². The number of nitrogens with zero attached hydrogens (tertiary/aromatic N) is 1. The van der Waals surface area contributed by atoms with E-state index in [0.717, 1.165) is 24.8 Å². The molecule has 6 nitrogen and oxygen atoms in total. The molecule has 1 fully saturated rings. The third kappa shape index (κ3) is 5.68. The van der Waals surface area contributed by atoms with Crippen molar-refractivity contribution in [3.63, 3.8) is 0 Å². The lowest BCUT2D eigenvalue weighted by atomic mass is 9.86. The third-order valence-corrected chi connectivity index (χ3v) is 5.25. The van der Waals surface area contributed by atoms with Gasteiger partial charge in [-0.15, -0.1) is 0 Å². The Morgan fingerprint density at radius 3 is 2.71 bits per heavy atom. The van der Waals surface area contributed by atoms with Gasteiger partial charge >= 0.3 is 5.97 Å². The Hall–Kier alpha value is -2.63. The summed E-state index contributed by atoms with van der Waals surface area (Å²) in [6, 6.07) is 8.15. The third-order valence-electron chi connectivity index (χ3n) is 5.25. The highest BCUT2D eigenvalue weighted by Gasteiger charge is 2.23. The van der Waals surface area contributed by atoms with Crippen molar-refractivity contribution in [3.8, 4) is 11.3 Å². The van der Waals surface area contributed by atoms with Crippen LogP contribution in [0.2, 0.25) is 0 Å². The fraction of sp³-hybridized carbons (Fsp3) is 0.500. The van der Waals surface area contributed by atoms with Gasteiger partial charge in [0.1, 0.15) is 0 Å². The lowest BCUT2D eigenvalue weighted by Gasteiger charge is -2.29. The number of amides is 1. The first-order valence-electron chi connectivity index (χ1n) is 9.98. The predicted octanol–water partition coefficient (Wildman–Crippen LogP) is 3.82.